The fraction of sp³-hybridized carbons (Fsp3) is 0.636. The summed E-state index contributed by atoms with van der Waals surface area (Å²) >= 11 is 3.52. The molecule has 1 aliphatic heterocycles. The molecule has 82 valence electrons. The standard InChI is InChI=1S/C11H16BrN3/c1-2-4-9-5-3-6-15(9)11-10(12)7-13-8-14-11/h7-9H,2-6H2,1H3. The molecule has 0 aromatic carbocycles. The predicted molar refractivity (Wildman–Crippen MR) is 65.0 cm³/mol. The van der Waals surface area contributed by atoms with Gasteiger partial charge in [0.2, 0.25) is 0 Å². The third-order valence-corrected chi connectivity index (χ3v) is 3.48. The highest BCUT2D eigenvalue weighted by molar-refractivity contribution is 9.10. The Hall–Kier alpha value is -0.640. The Labute approximate surface area is 99.0 Å². The first-order chi connectivity index (χ1) is 7.33. The summed E-state index contributed by atoms with van der Waals surface area (Å²) in [5, 5.41) is 0. The molecule has 15 heavy (non-hydrogen) atoms. The third kappa shape index (κ3) is 2.30. The van der Waals surface area contributed by atoms with E-state index in [1.54, 1.807) is 6.33 Å². The van der Waals surface area contributed by atoms with E-state index < -0.39 is 0 Å². The molecule has 1 unspecified atom stereocenters. The van der Waals surface area contributed by atoms with Crippen molar-refractivity contribution in [1.82, 2.24) is 9.97 Å². The van der Waals surface area contributed by atoms with Gasteiger partial charge in [0.15, 0.2) is 0 Å². The van der Waals surface area contributed by atoms with Crippen molar-refractivity contribution >= 4 is 21.7 Å². The minimum atomic E-state index is 0.668. The lowest BCUT2D eigenvalue weighted by Gasteiger charge is -2.25. The monoisotopic (exact) mass is 269 g/mol. The largest absolute Gasteiger partial charge is 0.353 e. The number of hydrogen-bond acceptors (Lipinski definition) is 3. The van der Waals surface area contributed by atoms with Crippen LogP contribution < -0.4 is 4.90 Å². The maximum atomic E-state index is 4.36. The van der Waals surface area contributed by atoms with Crippen molar-refractivity contribution in [3.05, 3.63) is 17.0 Å². The lowest BCUT2D eigenvalue weighted by molar-refractivity contribution is 0.595. The third-order valence-electron chi connectivity index (χ3n) is 2.92. The van der Waals surface area contributed by atoms with Crippen LogP contribution >= 0.6 is 15.9 Å². The smallest absolute Gasteiger partial charge is 0.146 e. The van der Waals surface area contributed by atoms with E-state index in [-0.39, 0.29) is 0 Å². The Kier molecular flexibility index (Phi) is 3.57. The van der Waals surface area contributed by atoms with E-state index in [0.29, 0.717) is 6.04 Å². The van der Waals surface area contributed by atoms with E-state index in [4.69, 9.17) is 0 Å². The number of aromatic nitrogens is 2. The van der Waals surface area contributed by atoms with Gasteiger partial charge in [-0.1, -0.05) is 13.3 Å². The molecule has 0 spiro atoms. The topological polar surface area (TPSA) is 29.0 Å². The van der Waals surface area contributed by atoms with E-state index in [0.717, 1.165) is 16.8 Å². The molecule has 2 rings (SSSR count). The van der Waals surface area contributed by atoms with Gasteiger partial charge in [0, 0.05) is 18.8 Å². The second-order valence-corrected chi connectivity index (χ2v) is 4.83. The van der Waals surface area contributed by atoms with E-state index in [2.05, 4.69) is 37.7 Å². The van der Waals surface area contributed by atoms with Gasteiger partial charge >= 0.3 is 0 Å². The quantitative estimate of drug-likeness (QED) is 0.845. The first kappa shape index (κ1) is 10.9. The molecule has 0 N–H and O–H groups in total. The highest BCUT2D eigenvalue weighted by Gasteiger charge is 2.25. The summed E-state index contributed by atoms with van der Waals surface area (Å²) in [4.78, 5) is 10.8. The van der Waals surface area contributed by atoms with Gasteiger partial charge in [0.05, 0.1) is 4.47 Å². The number of rotatable bonds is 3. The van der Waals surface area contributed by atoms with Crippen LogP contribution in [-0.4, -0.2) is 22.6 Å². The van der Waals surface area contributed by atoms with E-state index in [1.165, 1.54) is 25.7 Å². The van der Waals surface area contributed by atoms with Crippen LogP contribution in [0.5, 0.6) is 0 Å². The molecule has 1 atom stereocenters. The Morgan fingerprint density at radius 2 is 2.47 bits per heavy atom. The second kappa shape index (κ2) is 4.92. The summed E-state index contributed by atoms with van der Waals surface area (Å²) < 4.78 is 1.01. The normalized spacial score (nSPS) is 20.9. The molecular formula is C11H16BrN3. The zero-order chi connectivity index (χ0) is 10.7. The lowest BCUT2D eigenvalue weighted by atomic mass is 10.1. The van der Waals surface area contributed by atoms with Gasteiger partial charge in [-0.2, -0.15) is 0 Å². The second-order valence-electron chi connectivity index (χ2n) is 3.97. The molecule has 1 fully saturated rings. The van der Waals surface area contributed by atoms with Crippen LogP contribution in [0.4, 0.5) is 5.82 Å². The van der Waals surface area contributed by atoms with Crippen LogP contribution in [0, 0.1) is 0 Å². The van der Waals surface area contributed by atoms with Crippen molar-refractivity contribution in [2.75, 3.05) is 11.4 Å². The fourth-order valence-corrected chi connectivity index (χ4v) is 2.71. The van der Waals surface area contributed by atoms with Crippen LogP contribution in [0.1, 0.15) is 32.6 Å². The van der Waals surface area contributed by atoms with Crippen LogP contribution in [0.3, 0.4) is 0 Å². The van der Waals surface area contributed by atoms with Crippen molar-refractivity contribution in [2.45, 2.75) is 38.6 Å². The Balaban J connectivity index is 2.19. The summed E-state index contributed by atoms with van der Waals surface area (Å²) in [5.74, 6) is 1.06. The van der Waals surface area contributed by atoms with E-state index >= 15 is 0 Å². The number of hydrogen-bond donors (Lipinski definition) is 0. The minimum absolute atomic E-state index is 0.668. The van der Waals surface area contributed by atoms with Crippen molar-refractivity contribution in [3.63, 3.8) is 0 Å². The maximum Gasteiger partial charge on any atom is 0.146 e. The van der Waals surface area contributed by atoms with Gasteiger partial charge in [-0.15, -0.1) is 0 Å². The zero-order valence-electron chi connectivity index (χ0n) is 8.99. The Morgan fingerprint density at radius 1 is 1.60 bits per heavy atom. The molecule has 0 aliphatic carbocycles. The Morgan fingerprint density at radius 3 is 3.20 bits per heavy atom. The predicted octanol–water partition coefficient (Wildman–Crippen LogP) is 3.01. The van der Waals surface area contributed by atoms with Gasteiger partial charge in [-0.3, -0.25) is 0 Å². The molecule has 3 nitrogen and oxygen atoms in total. The summed E-state index contributed by atoms with van der Waals surface area (Å²) in [6.07, 6.45) is 8.52. The molecule has 1 aliphatic rings. The zero-order valence-corrected chi connectivity index (χ0v) is 10.6. The van der Waals surface area contributed by atoms with Crippen LogP contribution in [0.15, 0.2) is 17.0 Å². The first-order valence-electron chi connectivity index (χ1n) is 5.55. The van der Waals surface area contributed by atoms with Gasteiger partial charge in [0.25, 0.3) is 0 Å². The van der Waals surface area contributed by atoms with Crippen LogP contribution in [0.2, 0.25) is 0 Å². The molecule has 0 radical (unpaired) electrons. The highest BCUT2D eigenvalue weighted by Crippen LogP contribution is 2.30. The van der Waals surface area contributed by atoms with Crippen molar-refractivity contribution in [3.8, 4) is 0 Å². The summed E-state index contributed by atoms with van der Waals surface area (Å²) in [7, 11) is 0. The number of anilines is 1. The maximum absolute atomic E-state index is 4.36. The molecule has 1 aromatic rings. The first-order valence-corrected chi connectivity index (χ1v) is 6.34. The molecular weight excluding hydrogens is 254 g/mol. The summed E-state index contributed by atoms with van der Waals surface area (Å²) in [5.41, 5.74) is 0. The van der Waals surface area contributed by atoms with Crippen molar-refractivity contribution in [1.29, 1.82) is 0 Å². The molecule has 4 heteroatoms. The van der Waals surface area contributed by atoms with E-state index in [1.807, 2.05) is 6.20 Å². The Bertz CT molecular complexity index is 329. The molecule has 1 saturated heterocycles. The van der Waals surface area contributed by atoms with Crippen molar-refractivity contribution < 1.29 is 0 Å². The average Bonchev–Trinajstić information content (AvgIpc) is 2.67. The molecule has 2 heterocycles. The van der Waals surface area contributed by atoms with Crippen LogP contribution in [-0.2, 0) is 0 Å². The SMILES string of the molecule is CCCC1CCCN1c1ncncc1Br. The molecule has 0 amide bonds. The summed E-state index contributed by atoms with van der Waals surface area (Å²) in [6, 6.07) is 0.668. The van der Waals surface area contributed by atoms with E-state index in [9.17, 15) is 0 Å². The molecule has 0 saturated carbocycles. The number of nitrogens with zero attached hydrogens (tertiary/aromatic N) is 3. The lowest BCUT2D eigenvalue weighted by Crippen LogP contribution is -2.30. The van der Waals surface area contributed by atoms with Crippen LogP contribution in [0.25, 0.3) is 0 Å². The van der Waals surface area contributed by atoms with Gasteiger partial charge in [-0.05, 0) is 35.2 Å². The fourth-order valence-electron chi connectivity index (χ4n) is 2.27. The molecule has 0 bridgehead atoms. The summed E-state index contributed by atoms with van der Waals surface area (Å²) in [6.45, 7) is 3.37. The van der Waals surface area contributed by atoms with Gasteiger partial charge < -0.3 is 4.90 Å². The van der Waals surface area contributed by atoms with Gasteiger partial charge in [0.1, 0.15) is 12.1 Å². The highest BCUT2D eigenvalue weighted by atomic mass is 79.9. The molecule has 1 aromatic heterocycles. The number of halogens is 1. The van der Waals surface area contributed by atoms with Gasteiger partial charge in [-0.25, -0.2) is 9.97 Å². The minimum Gasteiger partial charge on any atom is -0.353 e. The van der Waals surface area contributed by atoms with Crippen molar-refractivity contribution in [2.24, 2.45) is 0 Å². The average molecular weight is 270 g/mol.